The van der Waals surface area contributed by atoms with E-state index in [2.05, 4.69) is 4.99 Å². The van der Waals surface area contributed by atoms with Crippen LogP contribution >= 0.6 is 0 Å². The molecular weight excluding hydrogens is 497 g/mol. The first kappa shape index (κ1) is 24.8. The molecule has 0 aliphatic rings. The van der Waals surface area contributed by atoms with Crippen LogP contribution in [0.1, 0.15) is 16.8 Å². The van der Waals surface area contributed by atoms with Crippen LogP contribution in [0.25, 0.3) is 22.1 Å². The summed E-state index contributed by atoms with van der Waals surface area (Å²) in [5, 5.41) is 11.7. The molecule has 3 aromatic carbocycles. The van der Waals surface area contributed by atoms with Crippen molar-refractivity contribution >= 4 is 22.7 Å². The van der Waals surface area contributed by atoms with Crippen LogP contribution in [0.4, 0.5) is 18.9 Å². The zero-order valence-corrected chi connectivity index (χ0v) is 20.3. The molecule has 5 rings (SSSR count). The molecule has 5 aromatic rings. The van der Waals surface area contributed by atoms with Crippen molar-refractivity contribution < 1.29 is 18.3 Å². The van der Waals surface area contributed by atoms with Gasteiger partial charge in [-0.25, -0.2) is 14.2 Å². The first-order valence-electron chi connectivity index (χ1n) is 11.5. The van der Waals surface area contributed by atoms with Gasteiger partial charge in [0.25, 0.3) is 11.1 Å². The van der Waals surface area contributed by atoms with Crippen molar-refractivity contribution in [3.05, 3.63) is 116 Å². The Morgan fingerprint density at radius 2 is 1.47 bits per heavy atom. The number of aromatic nitrogens is 3. The van der Waals surface area contributed by atoms with E-state index in [1.807, 2.05) is 6.07 Å². The maximum Gasteiger partial charge on any atom is 0.416 e. The average molecular weight is 518 g/mol. The fourth-order valence-electron chi connectivity index (χ4n) is 4.38. The quantitative estimate of drug-likeness (QED) is 0.330. The number of alkyl halides is 3. The Morgan fingerprint density at radius 3 is 2.16 bits per heavy atom. The minimum atomic E-state index is -4.64. The number of fused-ring (bicyclic) bond motifs is 1. The van der Waals surface area contributed by atoms with E-state index in [4.69, 9.17) is 0 Å². The first-order valence-corrected chi connectivity index (χ1v) is 11.5. The molecule has 0 spiro atoms. The molecule has 0 aliphatic carbocycles. The minimum Gasteiger partial charge on any atom is -0.494 e. The maximum absolute atomic E-state index is 13.4. The Bertz CT molecular complexity index is 1830. The molecule has 0 atom stereocenters. The van der Waals surface area contributed by atoms with Gasteiger partial charge >= 0.3 is 6.18 Å². The van der Waals surface area contributed by atoms with Gasteiger partial charge in [0.05, 0.1) is 28.2 Å². The third-order valence-corrected chi connectivity index (χ3v) is 6.38. The molecule has 0 fully saturated rings. The van der Waals surface area contributed by atoms with Crippen LogP contribution in [0.2, 0.25) is 0 Å². The topological polar surface area (TPSA) is 81.5 Å². The minimum absolute atomic E-state index is 0.0755. The normalized spacial score (nSPS) is 12.0. The second-order valence-corrected chi connectivity index (χ2v) is 8.64. The number of hydrogen-bond acceptors (Lipinski definition) is 4. The number of nitrogens with zero attached hydrogens (tertiary/aromatic N) is 4. The zero-order chi connectivity index (χ0) is 27.2. The predicted octanol–water partition coefficient (Wildman–Crippen LogP) is 5.26. The molecule has 0 amide bonds. The number of rotatable bonds is 4. The summed E-state index contributed by atoms with van der Waals surface area (Å²) in [6, 6.07) is 19.5. The maximum atomic E-state index is 13.4. The van der Waals surface area contributed by atoms with Crippen molar-refractivity contribution in [1.82, 2.24) is 13.9 Å². The third kappa shape index (κ3) is 4.09. The number of benzene rings is 3. The van der Waals surface area contributed by atoms with Crippen LogP contribution in [-0.2, 0) is 13.2 Å². The van der Waals surface area contributed by atoms with Gasteiger partial charge in [0, 0.05) is 24.0 Å². The number of para-hydroxylation sites is 1. The fraction of sp³-hybridized carbons (Fsp3) is 0.107. The van der Waals surface area contributed by atoms with Crippen molar-refractivity contribution in [2.75, 3.05) is 0 Å². The largest absolute Gasteiger partial charge is 0.494 e. The fourth-order valence-corrected chi connectivity index (χ4v) is 4.38. The van der Waals surface area contributed by atoms with Crippen LogP contribution < -0.4 is 11.1 Å². The molecule has 0 bridgehead atoms. The SMILES string of the molecule is Cc1c(N=Cc2c(O)n(-c3cccc(C(F)(F)F)c3)c(=O)c3ccccc23)c(=O)n(-c2ccccc2)n1C. The highest BCUT2D eigenvalue weighted by molar-refractivity contribution is 6.02. The Labute approximate surface area is 214 Å². The van der Waals surface area contributed by atoms with E-state index in [0.717, 1.165) is 22.8 Å². The Kier molecular flexibility index (Phi) is 6.02. The van der Waals surface area contributed by atoms with E-state index < -0.39 is 28.7 Å². The van der Waals surface area contributed by atoms with Crippen molar-refractivity contribution in [3.8, 4) is 17.3 Å². The molecule has 38 heavy (non-hydrogen) atoms. The van der Waals surface area contributed by atoms with Crippen LogP contribution in [0, 0.1) is 6.92 Å². The Balaban J connectivity index is 1.72. The van der Waals surface area contributed by atoms with Gasteiger partial charge in [0.1, 0.15) is 0 Å². The Hall–Kier alpha value is -4.86. The highest BCUT2D eigenvalue weighted by atomic mass is 19.4. The number of hydrogen-bond donors (Lipinski definition) is 1. The van der Waals surface area contributed by atoms with E-state index in [1.165, 1.54) is 23.0 Å². The predicted molar refractivity (Wildman–Crippen MR) is 139 cm³/mol. The number of aromatic hydroxyl groups is 1. The van der Waals surface area contributed by atoms with Crippen LogP contribution in [0.5, 0.6) is 5.88 Å². The lowest BCUT2D eigenvalue weighted by molar-refractivity contribution is -0.137. The standard InChI is InChI=1S/C28H21F3N4O3/c1-17-24(27(38)35(33(17)2)19-10-4-3-5-11-19)32-16-23-21-13-6-7-14-22(21)25(36)34(26(23)37)20-12-8-9-18(15-20)28(29,30)31/h3-16,37H,1-2H3. The van der Waals surface area contributed by atoms with Crippen molar-refractivity contribution in [1.29, 1.82) is 0 Å². The van der Waals surface area contributed by atoms with Crippen LogP contribution in [0.15, 0.2) is 93.4 Å². The van der Waals surface area contributed by atoms with Crippen LogP contribution in [0.3, 0.4) is 0 Å². The summed E-state index contributed by atoms with van der Waals surface area (Å²) in [6.45, 7) is 1.72. The summed E-state index contributed by atoms with van der Waals surface area (Å²) in [5.74, 6) is -0.603. The average Bonchev–Trinajstić information content (AvgIpc) is 3.11. The van der Waals surface area contributed by atoms with Crippen LogP contribution in [-0.4, -0.2) is 25.3 Å². The molecule has 0 aliphatic heterocycles. The van der Waals surface area contributed by atoms with Crippen molar-refractivity contribution in [2.24, 2.45) is 12.0 Å². The summed E-state index contributed by atoms with van der Waals surface area (Å²) in [5.41, 5.74) is -0.861. The lowest BCUT2D eigenvalue weighted by Crippen LogP contribution is -2.21. The molecule has 0 saturated carbocycles. The molecule has 0 saturated heterocycles. The van der Waals surface area contributed by atoms with E-state index in [1.54, 1.807) is 61.1 Å². The van der Waals surface area contributed by atoms with Gasteiger partial charge in [-0.15, -0.1) is 0 Å². The Morgan fingerprint density at radius 1 is 0.842 bits per heavy atom. The van der Waals surface area contributed by atoms with E-state index in [0.29, 0.717) is 16.8 Å². The summed E-state index contributed by atoms with van der Waals surface area (Å²) in [7, 11) is 1.71. The van der Waals surface area contributed by atoms with Gasteiger partial charge in [-0.3, -0.25) is 14.3 Å². The summed E-state index contributed by atoms with van der Waals surface area (Å²) >= 11 is 0. The molecule has 1 N–H and O–H groups in total. The van der Waals surface area contributed by atoms with Gasteiger partial charge < -0.3 is 5.11 Å². The summed E-state index contributed by atoms with van der Waals surface area (Å²) in [6.07, 6.45) is -3.39. The molecule has 2 aromatic heterocycles. The molecule has 0 radical (unpaired) electrons. The highest BCUT2D eigenvalue weighted by Gasteiger charge is 2.31. The van der Waals surface area contributed by atoms with Crippen molar-refractivity contribution in [2.45, 2.75) is 13.1 Å². The van der Waals surface area contributed by atoms with E-state index >= 15 is 0 Å². The third-order valence-electron chi connectivity index (χ3n) is 6.38. The smallest absolute Gasteiger partial charge is 0.416 e. The van der Waals surface area contributed by atoms with E-state index in [-0.39, 0.29) is 22.3 Å². The molecule has 2 heterocycles. The van der Waals surface area contributed by atoms with E-state index in [9.17, 15) is 27.9 Å². The van der Waals surface area contributed by atoms with Gasteiger partial charge in [-0.05, 0) is 43.3 Å². The van der Waals surface area contributed by atoms with Gasteiger partial charge in [-0.2, -0.15) is 13.2 Å². The molecular formula is C28H21F3N4O3. The zero-order valence-electron chi connectivity index (χ0n) is 20.3. The summed E-state index contributed by atoms with van der Waals surface area (Å²) < 4.78 is 44.0. The van der Waals surface area contributed by atoms with Gasteiger partial charge in [0.2, 0.25) is 5.88 Å². The lowest BCUT2D eigenvalue weighted by Gasteiger charge is -2.15. The lowest BCUT2D eigenvalue weighted by atomic mass is 10.1. The monoisotopic (exact) mass is 518 g/mol. The molecule has 7 nitrogen and oxygen atoms in total. The van der Waals surface area contributed by atoms with Crippen molar-refractivity contribution in [3.63, 3.8) is 0 Å². The van der Waals surface area contributed by atoms with Gasteiger partial charge in [0.15, 0.2) is 5.69 Å². The second-order valence-electron chi connectivity index (χ2n) is 8.64. The first-order chi connectivity index (χ1) is 18.1. The van der Waals surface area contributed by atoms with Gasteiger partial charge in [-0.1, -0.05) is 42.5 Å². The summed E-state index contributed by atoms with van der Waals surface area (Å²) in [4.78, 5) is 30.9. The second kappa shape index (κ2) is 9.22. The molecule has 192 valence electrons. The highest BCUT2D eigenvalue weighted by Crippen LogP contribution is 2.32. The number of pyridine rings is 1. The molecule has 10 heteroatoms. The number of halogens is 3. The molecule has 0 unspecified atom stereocenters. The number of aliphatic imine (C=N–C) groups is 1.